The molecule has 6 heteroatoms. The van der Waals surface area contributed by atoms with E-state index in [0.29, 0.717) is 12.3 Å². The van der Waals surface area contributed by atoms with Crippen LogP contribution in [0.2, 0.25) is 5.28 Å². The average molecular weight is 331 g/mol. The number of hydrogen-bond acceptors (Lipinski definition) is 4. The maximum absolute atomic E-state index is 9.59. The van der Waals surface area contributed by atoms with E-state index in [1.807, 2.05) is 22.8 Å². The van der Waals surface area contributed by atoms with Crippen molar-refractivity contribution in [3.05, 3.63) is 47.1 Å². The lowest BCUT2D eigenvalue weighted by atomic mass is 10.1. The molecule has 0 saturated heterocycles. The number of hydrogen-bond donors (Lipinski definition) is 1. The van der Waals surface area contributed by atoms with Crippen LogP contribution in [0.1, 0.15) is 38.1 Å². The van der Waals surface area contributed by atoms with Crippen molar-refractivity contribution in [3.63, 3.8) is 0 Å². The van der Waals surface area contributed by atoms with E-state index >= 15 is 0 Å². The van der Waals surface area contributed by atoms with E-state index in [0.717, 1.165) is 28.2 Å². The van der Waals surface area contributed by atoms with E-state index in [9.17, 15) is 5.11 Å². The van der Waals surface area contributed by atoms with Gasteiger partial charge in [0.25, 0.3) is 0 Å². The van der Waals surface area contributed by atoms with Crippen LogP contribution in [0, 0.1) is 0 Å². The molecule has 0 radical (unpaired) electrons. The van der Waals surface area contributed by atoms with E-state index in [-0.39, 0.29) is 5.28 Å². The predicted octanol–water partition coefficient (Wildman–Crippen LogP) is 3.52. The van der Waals surface area contributed by atoms with Gasteiger partial charge in [0.2, 0.25) is 5.28 Å². The SMILES string of the molecule is CC(O)Cc1cccc(-n2c(C(C)C)cc3cnc(Cl)nc32)n1. The zero-order valence-electron chi connectivity index (χ0n) is 13.4. The van der Waals surface area contributed by atoms with Gasteiger partial charge in [-0.2, -0.15) is 4.98 Å². The molecule has 3 heterocycles. The van der Waals surface area contributed by atoms with Gasteiger partial charge in [0.05, 0.1) is 6.10 Å². The van der Waals surface area contributed by atoms with E-state index < -0.39 is 6.10 Å². The number of aliphatic hydroxyl groups is 1. The Morgan fingerprint density at radius 2 is 2.00 bits per heavy atom. The Bertz CT molecular complexity index is 842. The standard InChI is InChI=1S/C17H19ClN4O/c1-10(2)14-8-12-9-19-17(18)21-16(12)22(14)15-6-4-5-13(20-15)7-11(3)23/h4-6,8-11,23H,7H2,1-3H3. The highest BCUT2D eigenvalue weighted by Gasteiger charge is 2.16. The first-order valence-corrected chi connectivity index (χ1v) is 8.01. The first-order chi connectivity index (χ1) is 11.0. The first kappa shape index (κ1) is 15.9. The summed E-state index contributed by atoms with van der Waals surface area (Å²) < 4.78 is 2.01. The monoisotopic (exact) mass is 330 g/mol. The quantitative estimate of drug-likeness (QED) is 0.743. The maximum atomic E-state index is 9.59. The third-order valence-electron chi connectivity index (χ3n) is 3.66. The van der Waals surface area contributed by atoms with Gasteiger partial charge in [-0.3, -0.25) is 4.57 Å². The lowest BCUT2D eigenvalue weighted by Gasteiger charge is -2.13. The number of nitrogens with zero attached hydrogens (tertiary/aromatic N) is 4. The van der Waals surface area contributed by atoms with Gasteiger partial charge < -0.3 is 5.11 Å². The lowest BCUT2D eigenvalue weighted by Crippen LogP contribution is -2.09. The summed E-state index contributed by atoms with van der Waals surface area (Å²) in [5.41, 5.74) is 2.68. The normalized spacial score (nSPS) is 13.0. The van der Waals surface area contributed by atoms with Crippen LogP contribution in [0.4, 0.5) is 0 Å². The molecule has 1 atom stereocenters. The van der Waals surface area contributed by atoms with Gasteiger partial charge >= 0.3 is 0 Å². The van der Waals surface area contributed by atoms with Crippen LogP contribution in [-0.4, -0.2) is 30.7 Å². The molecule has 0 spiro atoms. The van der Waals surface area contributed by atoms with Crippen molar-refractivity contribution in [3.8, 4) is 5.82 Å². The van der Waals surface area contributed by atoms with Crippen LogP contribution < -0.4 is 0 Å². The van der Waals surface area contributed by atoms with Crippen LogP contribution in [0.5, 0.6) is 0 Å². The van der Waals surface area contributed by atoms with Gasteiger partial charge in [-0.15, -0.1) is 0 Å². The average Bonchev–Trinajstić information content (AvgIpc) is 2.85. The molecular weight excluding hydrogens is 312 g/mol. The second-order valence-corrected chi connectivity index (χ2v) is 6.36. The molecule has 0 aliphatic heterocycles. The second-order valence-electron chi connectivity index (χ2n) is 6.02. The molecule has 0 aliphatic carbocycles. The first-order valence-electron chi connectivity index (χ1n) is 7.64. The van der Waals surface area contributed by atoms with Crippen molar-refractivity contribution in [2.24, 2.45) is 0 Å². The molecule has 23 heavy (non-hydrogen) atoms. The van der Waals surface area contributed by atoms with Gasteiger partial charge in [-0.1, -0.05) is 19.9 Å². The van der Waals surface area contributed by atoms with Crippen LogP contribution in [0.25, 0.3) is 16.9 Å². The third-order valence-corrected chi connectivity index (χ3v) is 3.84. The minimum Gasteiger partial charge on any atom is -0.393 e. The van der Waals surface area contributed by atoms with E-state index in [1.165, 1.54) is 0 Å². The van der Waals surface area contributed by atoms with E-state index in [4.69, 9.17) is 11.6 Å². The molecule has 3 aromatic rings. The molecular formula is C17H19ClN4O. The van der Waals surface area contributed by atoms with Crippen LogP contribution >= 0.6 is 11.6 Å². The Hall–Kier alpha value is -1.98. The molecule has 5 nitrogen and oxygen atoms in total. The van der Waals surface area contributed by atoms with E-state index in [2.05, 4.69) is 34.9 Å². The highest BCUT2D eigenvalue weighted by molar-refractivity contribution is 6.28. The third kappa shape index (κ3) is 3.21. The van der Waals surface area contributed by atoms with Gasteiger partial charge in [0.15, 0.2) is 5.65 Å². The molecule has 1 unspecified atom stereocenters. The zero-order chi connectivity index (χ0) is 16.6. The van der Waals surface area contributed by atoms with Crippen molar-refractivity contribution >= 4 is 22.6 Å². The number of aromatic nitrogens is 4. The van der Waals surface area contributed by atoms with Crippen LogP contribution in [0.15, 0.2) is 30.5 Å². The molecule has 1 N–H and O–H groups in total. The fourth-order valence-electron chi connectivity index (χ4n) is 2.66. The number of fused-ring (bicyclic) bond motifs is 1. The largest absolute Gasteiger partial charge is 0.393 e. The van der Waals surface area contributed by atoms with Crippen molar-refractivity contribution in [2.45, 2.75) is 39.2 Å². The fraction of sp³-hybridized carbons (Fsp3) is 0.353. The molecule has 0 bridgehead atoms. The van der Waals surface area contributed by atoms with Gasteiger partial charge in [-0.05, 0) is 42.6 Å². The Morgan fingerprint density at radius 3 is 2.70 bits per heavy atom. The van der Waals surface area contributed by atoms with Gasteiger partial charge in [-0.25, -0.2) is 9.97 Å². The van der Waals surface area contributed by atoms with Crippen molar-refractivity contribution in [1.82, 2.24) is 19.5 Å². The van der Waals surface area contributed by atoms with E-state index in [1.54, 1.807) is 13.1 Å². The highest BCUT2D eigenvalue weighted by atomic mass is 35.5. The van der Waals surface area contributed by atoms with Crippen molar-refractivity contribution in [1.29, 1.82) is 0 Å². The molecule has 0 fully saturated rings. The highest BCUT2D eigenvalue weighted by Crippen LogP contribution is 2.27. The summed E-state index contributed by atoms with van der Waals surface area (Å²) >= 11 is 5.98. The summed E-state index contributed by atoms with van der Waals surface area (Å²) in [6.45, 7) is 6.00. The Balaban J connectivity index is 2.21. The molecule has 0 saturated carbocycles. The molecule has 120 valence electrons. The maximum Gasteiger partial charge on any atom is 0.224 e. The molecule has 0 aliphatic rings. The summed E-state index contributed by atoms with van der Waals surface area (Å²) in [7, 11) is 0. The molecule has 3 aromatic heterocycles. The lowest BCUT2D eigenvalue weighted by molar-refractivity contribution is 0.194. The second kappa shape index (κ2) is 6.26. The number of halogens is 1. The van der Waals surface area contributed by atoms with Crippen LogP contribution in [-0.2, 0) is 6.42 Å². The summed E-state index contributed by atoms with van der Waals surface area (Å²) in [5.74, 6) is 1.07. The Kier molecular flexibility index (Phi) is 4.33. The molecule has 0 amide bonds. The number of pyridine rings is 1. The summed E-state index contributed by atoms with van der Waals surface area (Å²) in [4.78, 5) is 13.1. The Labute approximate surface area is 140 Å². The van der Waals surface area contributed by atoms with Gasteiger partial charge in [0.1, 0.15) is 5.82 Å². The number of rotatable bonds is 4. The number of aliphatic hydroxyl groups excluding tert-OH is 1. The fourth-order valence-corrected chi connectivity index (χ4v) is 2.79. The minimum atomic E-state index is -0.430. The smallest absolute Gasteiger partial charge is 0.224 e. The topological polar surface area (TPSA) is 63.8 Å². The summed E-state index contributed by atoms with van der Waals surface area (Å²) in [6.07, 6.45) is 1.81. The van der Waals surface area contributed by atoms with Crippen molar-refractivity contribution < 1.29 is 5.11 Å². The van der Waals surface area contributed by atoms with Gasteiger partial charge in [0, 0.05) is 29.4 Å². The molecule has 3 rings (SSSR count). The predicted molar refractivity (Wildman–Crippen MR) is 91.1 cm³/mol. The molecule has 0 aromatic carbocycles. The summed E-state index contributed by atoms with van der Waals surface area (Å²) in [5, 5.41) is 10.7. The zero-order valence-corrected chi connectivity index (χ0v) is 14.1. The summed E-state index contributed by atoms with van der Waals surface area (Å²) in [6, 6.07) is 7.87. The minimum absolute atomic E-state index is 0.215. The van der Waals surface area contributed by atoms with Crippen LogP contribution in [0.3, 0.4) is 0 Å². The van der Waals surface area contributed by atoms with Crippen molar-refractivity contribution in [2.75, 3.05) is 0 Å². The Morgan fingerprint density at radius 1 is 1.22 bits per heavy atom.